The van der Waals surface area contributed by atoms with Crippen molar-refractivity contribution in [1.29, 1.82) is 0 Å². The molecule has 0 amide bonds. The number of hydrogen-bond donors (Lipinski definition) is 4. The molecule has 0 aliphatic carbocycles. The second kappa shape index (κ2) is 5.69. The summed E-state index contributed by atoms with van der Waals surface area (Å²) in [7, 11) is -3.49. The average molecular weight is 321 g/mol. The molecule has 0 spiro atoms. The van der Waals surface area contributed by atoms with Gasteiger partial charge in [-0.15, -0.1) is 0 Å². The monoisotopic (exact) mass is 321 g/mol. The molecule has 0 aromatic carbocycles. The minimum absolute atomic E-state index is 0.258. The predicted molar refractivity (Wildman–Crippen MR) is 70.1 cm³/mol. The van der Waals surface area contributed by atoms with Crippen LogP contribution in [0.4, 0.5) is 0 Å². The van der Waals surface area contributed by atoms with Gasteiger partial charge in [-0.3, -0.25) is 14.3 Å². The van der Waals surface area contributed by atoms with Gasteiger partial charge in [-0.1, -0.05) is 0 Å². The third kappa shape index (κ3) is 3.57. The van der Waals surface area contributed by atoms with Crippen LogP contribution in [-0.2, 0) is 14.8 Å². The van der Waals surface area contributed by atoms with Crippen LogP contribution in [0.15, 0.2) is 21.9 Å². The minimum Gasteiger partial charge on any atom is -0.387 e. The number of nitrogens with one attached hydrogen (secondary N) is 2. The van der Waals surface area contributed by atoms with Gasteiger partial charge in [-0.05, 0) is 0 Å². The highest BCUT2D eigenvalue weighted by atomic mass is 32.2. The molecule has 0 saturated carbocycles. The lowest BCUT2D eigenvalue weighted by Crippen LogP contribution is -2.39. The molecule has 0 unspecified atom stereocenters. The number of sulfonamides is 1. The highest BCUT2D eigenvalue weighted by molar-refractivity contribution is 7.88. The largest absolute Gasteiger partial charge is 0.387 e. The molecule has 0 radical (unpaired) electrons. The molecule has 2 heterocycles. The van der Waals surface area contributed by atoms with Crippen molar-refractivity contribution in [3.63, 3.8) is 0 Å². The second-order valence-corrected chi connectivity index (χ2v) is 6.52. The van der Waals surface area contributed by atoms with E-state index in [0.29, 0.717) is 0 Å². The van der Waals surface area contributed by atoms with Crippen LogP contribution in [0, 0.1) is 0 Å². The maximum atomic E-state index is 11.6. The van der Waals surface area contributed by atoms with Crippen molar-refractivity contribution in [1.82, 2.24) is 14.3 Å². The molecular weight excluding hydrogens is 306 g/mol. The zero-order valence-corrected chi connectivity index (χ0v) is 11.8. The first-order valence-electron chi connectivity index (χ1n) is 5.97. The zero-order chi connectivity index (χ0) is 15.8. The Balaban J connectivity index is 2.19. The molecule has 1 fully saturated rings. The van der Waals surface area contributed by atoms with E-state index in [2.05, 4.69) is 4.72 Å². The van der Waals surface area contributed by atoms with Gasteiger partial charge in [0, 0.05) is 18.8 Å². The van der Waals surface area contributed by atoms with Crippen molar-refractivity contribution in [2.75, 3.05) is 12.8 Å². The van der Waals surface area contributed by atoms with Crippen molar-refractivity contribution in [3.05, 3.63) is 33.1 Å². The van der Waals surface area contributed by atoms with Crippen molar-refractivity contribution >= 4 is 10.0 Å². The number of aromatic amines is 1. The van der Waals surface area contributed by atoms with Crippen LogP contribution in [0.1, 0.15) is 6.23 Å². The molecule has 1 aliphatic rings. The van der Waals surface area contributed by atoms with Crippen molar-refractivity contribution in [3.8, 4) is 0 Å². The second-order valence-electron chi connectivity index (χ2n) is 4.68. The number of nitrogens with zero attached hydrogens (tertiary/aromatic N) is 1. The summed E-state index contributed by atoms with van der Waals surface area (Å²) in [5.74, 6) is 0. The third-order valence-electron chi connectivity index (χ3n) is 3.01. The zero-order valence-electron chi connectivity index (χ0n) is 11.0. The number of rotatable bonds is 4. The first-order valence-corrected chi connectivity index (χ1v) is 7.86. The molecule has 0 bridgehead atoms. The quantitative estimate of drug-likeness (QED) is 0.453. The fourth-order valence-electron chi connectivity index (χ4n) is 1.99. The van der Waals surface area contributed by atoms with Crippen LogP contribution in [0.2, 0.25) is 0 Å². The number of aromatic nitrogens is 2. The van der Waals surface area contributed by atoms with Gasteiger partial charge < -0.3 is 14.9 Å². The molecular formula is C10H15N3O7S. The molecule has 1 aliphatic heterocycles. The Morgan fingerprint density at radius 3 is 2.62 bits per heavy atom. The number of hydrogen-bond acceptors (Lipinski definition) is 7. The first kappa shape index (κ1) is 15.9. The van der Waals surface area contributed by atoms with Crippen LogP contribution in [0.5, 0.6) is 0 Å². The van der Waals surface area contributed by atoms with Crippen molar-refractivity contribution in [2.45, 2.75) is 24.5 Å². The van der Waals surface area contributed by atoms with E-state index in [-0.39, 0.29) is 6.54 Å². The highest BCUT2D eigenvalue weighted by Crippen LogP contribution is 2.27. The Hall–Kier alpha value is -1.53. The normalized spacial score (nSPS) is 29.7. The first-order chi connectivity index (χ1) is 9.69. The molecule has 11 heteroatoms. The maximum absolute atomic E-state index is 11.6. The summed E-state index contributed by atoms with van der Waals surface area (Å²) in [6.45, 7) is -0.258. The van der Waals surface area contributed by atoms with Crippen LogP contribution >= 0.6 is 0 Å². The third-order valence-corrected chi connectivity index (χ3v) is 3.70. The number of aliphatic hydroxyl groups excluding tert-OH is 2. The Labute approximate surface area is 119 Å². The van der Waals surface area contributed by atoms with Gasteiger partial charge in [-0.25, -0.2) is 17.9 Å². The van der Waals surface area contributed by atoms with E-state index in [4.69, 9.17) is 4.74 Å². The van der Waals surface area contributed by atoms with E-state index < -0.39 is 45.8 Å². The van der Waals surface area contributed by atoms with Crippen molar-refractivity contribution in [2.24, 2.45) is 0 Å². The lowest BCUT2D eigenvalue weighted by molar-refractivity contribution is -0.0380. The molecule has 118 valence electrons. The summed E-state index contributed by atoms with van der Waals surface area (Å²) >= 11 is 0. The van der Waals surface area contributed by atoms with Crippen LogP contribution in [0.3, 0.4) is 0 Å². The molecule has 1 aromatic heterocycles. The summed E-state index contributed by atoms with van der Waals surface area (Å²) < 4.78 is 30.4. The maximum Gasteiger partial charge on any atom is 0.330 e. The van der Waals surface area contributed by atoms with E-state index in [1.165, 1.54) is 0 Å². The predicted octanol–water partition coefficient (Wildman–Crippen LogP) is -3.29. The highest BCUT2D eigenvalue weighted by Gasteiger charge is 2.44. The number of aliphatic hydroxyl groups is 2. The Kier molecular flexibility index (Phi) is 4.30. The molecule has 10 nitrogen and oxygen atoms in total. The van der Waals surface area contributed by atoms with Crippen LogP contribution in [-0.4, -0.2) is 59.3 Å². The minimum atomic E-state index is -3.49. The molecule has 21 heavy (non-hydrogen) atoms. The van der Waals surface area contributed by atoms with Gasteiger partial charge in [0.2, 0.25) is 10.0 Å². The molecule has 1 aromatic rings. The summed E-state index contributed by atoms with van der Waals surface area (Å²) in [5, 5.41) is 19.7. The van der Waals surface area contributed by atoms with Crippen molar-refractivity contribution < 1.29 is 23.4 Å². The lowest BCUT2D eigenvalue weighted by Gasteiger charge is -2.16. The van der Waals surface area contributed by atoms with E-state index >= 15 is 0 Å². The van der Waals surface area contributed by atoms with E-state index in [1.807, 2.05) is 4.98 Å². The summed E-state index contributed by atoms with van der Waals surface area (Å²) in [6.07, 6.45) is -3.03. The molecule has 1 saturated heterocycles. The lowest BCUT2D eigenvalue weighted by atomic mass is 10.1. The fraction of sp³-hybridized carbons (Fsp3) is 0.600. The van der Waals surface area contributed by atoms with Gasteiger partial charge in [0.15, 0.2) is 6.23 Å². The SMILES string of the molecule is CS(=O)(=O)NC[C@H]1O[C@@H](n2ccc(=O)[nH]c2=O)[C@H](O)[C@@H]1O. The molecule has 4 atom stereocenters. The van der Waals surface area contributed by atoms with Crippen LogP contribution in [0.25, 0.3) is 0 Å². The summed E-state index contributed by atoms with van der Waals surface area (Å²) in [6, 6.07) is 1.06. The topological polar surface area (TPSA) is 151 Å². The average Bonchev–Trinajstić information content (AvgIpc) is 2.64. The number of ether oxygens (including phenoxy) is 1. The van der Waals surface area contributed by atoms with Crippen LogP contribution < -0.4 is 16.0 Å². The Morgan fingerprint density at radius 2 is 2.05 bits per heavy atom. The standard InChI is InChI=1S/C10H15N3O7S/c1-21(18,19)11-4-5-7(15)8(16)9(20-5)13-3-2-6(14)12-10(13)17/h2-3,5,7-9,11,15-16H,4H2,1H3,(H,12,14,17)/t5-,7-,8-,9-/m1/s1. The number of H-pyrrole nitrogens is 1. The molecule has 4 N–H and O–H groups in total. The van der Waals surface area contributed by atoms with Gasteiger partial charge >= 0.3 is 5.69 Å². The fourth-order valence-corrected chi connectivity index (χ4v) is 2.46. The van der Waals surface area contributed by atoms with Gasteiger partial charge in [0.05, 0.1) is 6.26 Å². The van der Waals surface area contributed by atoms with Gasteiger partial charge in [0.1, 0.15) is 18.3 Å². The van der Waals surface area contributed by atoms with Gasteiger partial charge in [0.25, 0.3) is 5.56 Å². The van der Waals surface area contributed by atoms with Gasteiger partial charge in [-0.2, -0.15) is 0 Å². The Morgan fingerprint density at radius 1 is 1.38 bits per heavy atom. The summed E-state index contributed by atoms with van der Waals surface area (Å²) in [5.41, 5.74) is -1.42. The van der Waals surface area contributed by atoms with E-state index in [1.54, 1.807) is 0 Å². The van der Waals surface area contributed by atoms with E-state index in [9.17, 15) is 28.2 Å². The smallest absolute Gasteiger partial charge is 0.330 e. The van der Waals surface area contributed by atoms with E-state index in [0.717, 1.165) is 23.1 Å². The molecule has 2 rings (SSSR count). The Bertz CT molecular complexity index is 725. The summed E-state index contributed by atoms with van der Waals surface area (Å²) in [4.78, 5) is 24.6.